The number of hydrogen-bond donors (Lipinski definition) is 3. The molecule has 9 nitrogen and oxygen atoms in total. The van der Waals surface area contributed by atoms with Crippen LogP contribution in [0.15, 0.2) is 12.1 Å². The molecule has 126 valence electrons. The molecule has 0 aliphatic heterocycles. The maximum Gasteiger partial charge on any atom is 0.326 e. The molecule has 23 heavy (non-hydrogen) atoms. The first-order valence-corrected chi connectivity index (χ1v) is 7.01. The van der Waals surface area contributed by atoms with E-state index in [0.717, 1.165) is 0 Å². The van der Waals surface area contributed by atoms with Crippen LogP contribution in [-0.2, 0) is 9.59 Å². The third-order valence-corrected chi connectivity index (χ3v) is 2.83. The first kappa shape index (κ1) is 18.3. The Morgan fingerprint density at radius 3 is 2.43 bits per heavy atom. The van der Waals surface area contributed by atoms with E-state index in [1.165, 1.54) is 19.2 Å². The third kappa shape index (κ3) is 6.29. The van der Waals surface area contributed by atoms with Crippen LogP contribution >= 0.6 is 0 Å². The highest BCUT2D eigenvalue weighted by Gasteiger charge is 2.21. The first-order valence-electron chi connectivity index (χ1n) is 7.01. The van der Waals surface area contributed by atoms with Crippen molar-refractivity contribution in [2.45, 2.75) is 26.3 Å². The molecule has 1 heterocycles. The summed E-state index contributed by atoms with van der Waals surface area (Å²) in [5, 5.41) is 21.0. The zero-order valence-electron chi connectivity index (χ0n) is 13.2. The quantitative estimate of drug-likeness (QED) is 0.605. The minimum Gasteiger partial charge on any atom is -0.480 e. The second kappa shape index (κ2) is 8.66. The molecule has 0 radical (unpaired) electrons. The maximum absolute atomic E-state index is 11.8. The first-order chi connectivity index (χ1) is 10.8. The van der Waals surface area contributed by atoms with Crippen molar-refractivity contribution in [3.8, 4) is 5.88 Å². The van der Waals surface area contributed by atoms with Gasteiger partial charge in [0.2, 0.25) is 11.8 Å². The van der Waals surface area contributed by atoms with Crippen LogP contribution in [0.5, 0.6) is 5.88 Å². The molecule has 0 saturated carbocycles. The van der Waals surface area contributed by atoms with Gasteiger partial charge in [0.25, 0.3) is 5.91 Å². The molecule has 0 aliphatic rings. The molecule has 1 atom stereocenters. The summed E-state index contributed by atoms with van der Waals surface area (Å²) in [6.45, 7) is 3.35. The van der Waals surface area contributed by atoms with Gasteiger partial charge in [-0.3, -0.25) is 9.59 Å². The van der Waals surface area contributed by atoms with Gasteiger partial charge in [-0.2, -0.15) is 0 Å². The molecule has 0 aliphatic carbocycles. The summed E-state index contributed by atoms with van der Waals surface area (Å²) in [6.07, 6.45) is 0.305. The summed E-state index contributed by atoms with van der Waals surface area (Å²) < 4.78 is 4.82. The molecule has 3 N–H and O–H groups in total. The largest absolute Gasteiger partial charge is 0.480 e. The van der Waals surface area contributed by atoms with Crippen molar-refractivity contribution in [3.63, 3.8) is 0 Å². The average Bonchev–Trinajstić information content (AvgIpc) is 2.51. The highest BCUT2D eigenvalue weighted by molar-refractivity contribution is 5.95. The third-order valence-electron chi connectivity index (χ3n) is 2.83. The molecule has 0 saturated heterocycles. The van der Waals surface area contributed by atoms with Crippen LogP contribution in [-0.4, -0.2) is 52.8 Å². The van der Waals surface area contributed by atoms with Crippen molar-refractivity contribution in [1.82, 2.24) is 20.8 Å². The van der Waals surface area contributed by atoms with Gasteiger partial charge in [0.05, 0.1) is 13.7 Å². The van der Waals surface area contributed by atoms with Gasteiger partial charge in [-0.05, 0) is 18.4 Å². The van der Waals surface area contributed by atoms with Crippen molar-refractivity contribution >= 4 is 17.8 Å². The summed E-state index contributed by atoms with van der Waals surface area (Å²) in [6, 6.07) is 1.88. The van der Waals surface area contributed by atoms with Crippen molar-refractivity contribution in [1.29, 1.82) is 0 Å². The molecule has 1 aromatic rings. The van der Waals surface area contributed by atoms with Crippen LogP contribution in [0.3, 0.4) is 0 Å². The van der Waals surface area contributed by atoms with E-state index < -0.39 is 23.8 Å². The molecule has 0 fully saturated rings. The van der Waals surface area contributed by atoms with E-state index in [4.69, 9.17) is 9.84 Å². The highest BCUT2D eigenvalue weighted by atomic mass is 16.5. The highest BCUT2D eigenvalue weighted by Crippen LogP contribution is 2.05. The summed E-state index contributed by atoms with van der Waals surface area (Å²) in [5.41, 5.74) is 0.0237. The molecule has 1 rings (SSSR count). The van der Waals surface area contributed by atoms with Crippen LogP contribution in [0.2, 0.25) is 0 Å². The lowest BCUT2D eigenvalue weighted by molar-refractivity contribution is -0.142. The van der Waals surface area contributed by atoms with E-state index in [2.05, 4.69) is 20.8 Å². The van der Waals surface area contributed by atoms with Gasteiger partial charge in [0.15, 0.2) is 5.69 Å². The van der Waals surface area contributed by atoms with Crippen molar-refractivity contribution < 1.29 is 24.2 Å². The number of hydrogen-bond acceptors (Lipinski definition) is 6. The Morgan fingerprint density at radius 2 is 1.96 bits per heavy atom. The van der Waals surface area contributed by atoms with E-state index in [0.29, 0.717) is 6.42 Å². The van der Waals surface area contributed by atoms with Crippen LogP contribution in [0, 0.1) is 5.92 Å². The number of rotatable bonds is 8. The van der Waals surface area contributed by atoms with Gasteiger partial charge >= 0.3 is 5.97 Å². The van der Waals surface area contributed by atoms with Crippen molar-refractivity contribution in [2.24, 2.45) is 5.92 Å². The second-order valence-corrected chi connectivity index (χ2v) is 5.23. The van der Waals surface area contributed by atoms with Crippen molar-refractivity contribution in [3.05, 3.63) is 17.8 Å². The number of nitrogens with zero attached hydrogens (tertiary/aromatic N) is 2. The molecule has 2 amide bonds. The summed E-state index contributed by atoms with van der Waals surface area (Å²) in [4.78, 5) is 34.6. The molecular weight excluding hydrogens is 304 g/mol. The van der Waals surface area contributed by atoms with E-state index in [1.807, 2.05) is 13.8 Å². The number of methoxy groups -OCH3 is 1. The van der Waals surface area contributed by atoms with Gasteiger partial charge in [0, 0.05) is 6.07 Å². The number of aromatic nitrogens is 2. The molecule has 9 heteroatoms. The fraction of sp³-hybridized carbons (Fsp3) is 0.500. The van der Waals surface area contributed by atoms with Gasteiger partial charge in [-0.1, -0.05) is 13.8 Å². The lowest BCUT2D eigenvalue weighted by Gasteiger charge is -2.16. The number of nitrogens with one attached hydrogen (secondary N) is 2. The fourth-order valence-electron chi connectivity index (χ4n) is 1.74. The zero-order chi connectivity index (χ0) is 17.4. The SMILES string of the molecule is COc1ccc(C(=O)NCC(=O)N[C@@H](CC(C)C)C(=O)O)nn1. The predicted octanol–water partition coefficient (Wildman–Crippen LogP) is -0.169. The Kier molecular flexibility index (Phi) is 6.91. The number of aliphatic carboxylic acids is 1. The normalized spacial score (nSPS) is 11.7. The standard InChI is InChI=1S/C14H20N4O5/c1-8(2)6-10(14(21)22)16-11(19)7-15-13(20)9-4-5-12(23-3)18-17-9/h4-5,8,10H,6-7H2,1-3H3,(H,15,20)(H,16,19)(H,21,22)/t10-/m0/s1. The van der Waals surface area contributed by atoms with E-state index in [9.17, 15) is 14.4 Å². The van der Waals surface area contributed by atoms with E-state index in [1.54, 1.807) is 0 Å². The van der Waals surface area contributed by atoms with E-state index in [-0.39, 0.29) is 24.0 Å². The Bertz CT molecular complexity index is 559. The van der Waals surface area contributed by atoms with Crippen LogP contribution in [0.1, 0.15) is 30.8 Å². The fourth-order valence-corrected chi connectivity index (χ4v) is 1.74. The van der Waals surface area contributed by atoms with Gasteiger partial charge in [-0.25, -0.2) is 4.79 Å². The minimum atomic E-state index is -1.11. The molecule has 0 aromatic carbocycles. The Hall–Kier alpha value is -2.71. The van der Waals surface area contributed by atoms with Gasteiger partial charge < -0.3 is 20.5 Å². The maximum atomic E-state index is 11.8. The van der Waals surface area contributed by atoms with Gasteiger partial charge in [-0.15, -0.1) is 10.2 Å². The van der Waals surface area contributed by atoms with Crippen LogP contribution in [0.25, 0.3) is 0 Å². The summed E-state index contributed by atoms with van der Waals surface area (Å²) in [5.74, 6) is -1.92. The van der Waals surface area contributed by atoms with E-state index >= 15 is 0 Å². The smallest absolute Gasteiger partial charge is 0.326 e. The van der Waals surface area contributed by atoms with Crippen LogP contribution < -0.4 is 15.4 Å². The Morgan fingerprint density at radius 1 is 1.26 bits per heavy atom. The van der Waals surface area contributed by atoms with Gasteiger partial charge in [0.1, 0.15) is 6.04 Å². The number of amides is 2. The summed E-state index contributed by atoms with van der Waals surface area (Å²) in [7, 11) is 1.42. The molecular formula is C14H20N4O5. The number of carbonyl (C=O) groups excluding carboxylic acids is 2. The molecule has 1 aromatic heterocycles. The predicted molar refractivity (Wildman–Crippen MR) is 79.9 cm³/mol. The number of ether oxygens (including phenoxy) is 1. The molecule has 0 spiro atoms. The lowest BCUT2D eigenvalue weighted by atomic mass is 10.0. The van der Waals surface area contributed by atoms with Crippen LogP contribution in [0.4, 0.5) is 0 Å². The molecule has 0 unspecified atom stereocenters. The lowest BCUT2D eigenvalue weighted by Crippen LogP contribution is -2.46. The number of carboxylic acids is 1. The minimum absolute atomic E-state index is 0.0237. The monoisotopic (exact) mass is 324 g/mol. The van der Waals surface area contributed by atoms with Crippen molar-refractivity contribution in [2.75, 3.05) is 13.7 Å². The second-order valence-electron chi connectivity index (χ2n) is 5.23. The Balaban J connectivity index is 2.50. The topological polar surface area (TPSA) is 131 Å². The summed E-state index contributed by atoms with van der Waals surface area (Å²) >= 11 is 0. The molecule has 0 bridgehead atoms. The average molecular weight is 324 g/mol. The Labute approximate surface area is 133 Å². The zero-order valence-corrected chi connectivity index (χ0v) is 13.2. The number of carboxylic acid groups (broad SMARTS) is 1. The number of carbonyl (C=O) groups is 3.